The summed E-state index contributed by atoms with van der Waals surface area (Å²) in [6, 6.07) is 3.37. The largest absolute Gasteiger partial charge is 0.467 e. The third-order valence-corrected chi connectivity index (χ3v) is 4.63. The molecular formula is C15H21FN2O5S. The number of ether oxygens (including phenoxy) is 1. The molecule has 0 aliphatic rings. The molecule has 0 aliphatic heterocycles. The van der Waals surface area contributed by atoms with Crippen LogP contribution in [0, 0.1) is 5.82 Å². The van der Waals surface area contributed by atoms with Crippen LogP contribution < -0.4 is 10.0 Å². The number of rotatable bonds is 9. The lowest BCUT2D eigenvalue weighted by Crippen LogP contribution is -2.45. The Hall–Kier alpha value is -2.00. The fraction of sp³-hybridized carbons (Fsp3) is 0.467. The van der Waals surface area contributed by atoms with Crippen molar-refractivity contribution in [3.8, 4) is 0 Å². The zero-order chi connectivity index (χ0) is 18.2. The smallest absolute Gasteiger partial charge is 0.328 e. The van der Waals surface area contributed by atoms with Crippen molar-refractivity contribution in [1.29, 1.82) is 0 Å². The molecular weight excluding hydrogens is 339 g/mol. The van der Waals surface area contributed by atoms with Gasteiger partial charge in [0.1, 0.15) is 11.9 Å². The fourth-order valence-corrected chi connectivity index (χ4v) is 2.88. The molecule has 0 heterocycles. The van der Waals surface area contributed by atoms with Crippen molar-refractivity contribution in [3.63, 3.8) is 0 Å². The molecule has 1 amide bonds. The third kappa shape index (κ3) is 6.25. The average Bonchev–Trinajstić information content (AvgIpc) is 2.56. The van der Waals surface area contributed by atoms with Crippen LogP contribution in [-0.4, -0.2) is 40.0 Å². The van der Waals surface area contributed by atoms with Gasteiger partial charge < -0.3 is 10.1 Å². The molecule has 134 valence electrons. The SMILES string of the molecule is CCCCC(NC(=O)CNS(=O)(=O)c1ccc(F)cc1)C(=O)OC. The Morgan fingerprint density at radius 1 is 1.25 bits per heavy atom. The standard InChI is InChI=1S/C15H21FN2O5S/c1-3-4-5-13(15(20)23-2)18-14(19)10-17-24(21,22)12-8-6-11(16)7-9-12/h6-9,13,17H,3-5,10H2,1-2H3,(H,18,19). The van der Waals surface area contributed by atoms with Gasteiger partial charge in [-0.05, 0) is 30.7 Å². The van der Waals surface area contributed by atoms with Crippen LogP contribution in [-0.2, 0) is 24.3 Å². The van der Waals surface area contributed by atoms with Gasteiger partial charge in [0.2, 0.25) is 15.9 Å². The van der Waals surface area contributed by atoms with E-state index in [9.17, 15) is 22.4 Å². The van der Waals surface area contributed by atoms with Crippen molar-refractivity contribution >= 4 is 21.9 Å². The van der Waals surface area contributed by atoms with Crippen LogP contribution in [0.25, 0.3) is 0 Å². The van der Waals surface area contributed by atoms with Gasteiger partial charge in [0, 0.05) is 0 Å². The fourth-order valence-electron chi connectivity index (χ4n) is 1.90. The van der Waals surface area contributed by atoms with Gasteiger partial charge in [-0.15, -0.1) is 0 Å². The van der Waals surface area contributed by atoms with Crippen molar-refractivity contribution in [2.45, 2.75) is 37.1 Å². The number of benzene rings is 1. The molecule has 0 radical (unpaired) electrons. The monoisotopic (exact) mass is 360 g/mol. The van der Waals surface area contributed by atoms with E-state index in [0.29, 0.717) is 12.8 Å². The number of hydrogen-bond acceptors (Lipinski definition) is 5. The minimum absolute atomic E-state index is 0.160. The minimum Gasteiger partial charge on any atom is -0.467 e. The number of esters is 1. The van der Waals surface area contributed by atoms with Crippen LogP contribution in [0.4, 0.5) is 4.39 Å². The summed E-state index contributed by atoms with van der Waals surface area (Å²) in [6.07, 6.45) is 1.95. The maximum absolute atomic E-state index is 12.8. The van der Waals surface area contributed by atoms with E-state index in [1.54, 1.807) is 0 Å². The van der Waals surface area contributed by atoms with Gasteiger partial charge in [-0.25, -0.2) is 22.3 Å². The van der Waals surface area contributed by atoms with E-state index in [2.05, 4.69) is 14.8 Å². The predicted molar refractivity (Wildman–Crippen MR) is 85.1 cm³/mol. The summed E-state index contributed by atoms with van der Waals surface area (Å²) in [5, 5.41) is 2.44. The second kappa shape index (κ2) is 9.33. The van der Waals surface area contributed by atoms with Gasteiger partial charge in [0.25, 0.3) is 0 Å². The van der Waals surface area contributed by atoms with Crippen molar-refractivity contribution in [3.05, 3.63) is 30.1 Å². The second-order valence-electron chi connectivity index (χ2n) is 5.06. The number of nitrogens with one attached hydrogen (secondary N) is 2. The quantitative estimate of drug-likeness (QED) is 0.639. The number of carbonyl (C=O) groups excluding carboxylic acids is 2. The van der Waals surface area contributed by atoms with Gasteiger partial charge in [0.05, 0.1) is 18.6 Å². The second-order valence-corrected chi connectivity index (χ2v) is 6.83. The van der Waals surface area contributed by atoms with Crippen LogP contribution in [0.5, 0.6) is 0 Å². The van der Waals surface area contributed by atoms with Crippen LogP contribution in [0.15, 0.2) is 29.2 Å². The first kappa shape index (κ1) is 20.0. The molecule has 9 heteroatoms. The van der Waals surface area contributed by atoms with E-state index in [-0.39, 0.29) is 4.90 Å². The lowest BCUT2D eigenvalue weighted by Gasteiger charge is -2.16. The summed E-state index contributed by atoms with van der Waals surface area (Å²) < 4.78 is 43.5. The van der Waals surface area contributed by atoms with Crippen molar-refractivity contribution < 1.29 is 27.1 Å². The first-order valence-electron chi connectivity index (χ1n) is 7.42. The molecule has 0 saturated heterocycles. The highest BCUT2D eigenvalue weighted by Crippen LogP contribution is 2.09. The van der Waals surface area contributed by atoms with Gasteiger partial charge >= 0.3 is 5.97 Å². The van der Waals surface area contributed by atoms with Crippen molar-refractivity contribution in [2.24, 2.45) is 0 Å². The third-order valence-electron chi connectivity index (χ3n) is 3.21. The highest BCUT2D eigenvalue weighted by Gasteiger charge is 2.22. The Labute approximate surface area is 140 Å². The molecule has 0 saturated carbocycles. The Bertz CT molecular complexity index is 661. The maximum atomic E-state index is 12.8. The van der Waals surface area contributed by atoms with Crippen LogP contribution >= 0.6 is 0 Å². The van der Waals surface area contributed by atoms with Gasteiger partial charge in [-0.2, -0.15) is 0 Å². The molecule has 0 fully saturated rings. The summed E-state index contributed by atoms with van der Waals surface area (Å²) in [5.74, 6) is -1.81. The molecule has 0 bridgehead atoms. The van der Waals surface area contributed by atoms with Crippen molar-refractivity contribution in [1.82, 2.24) is 10.0 Å². The van der Waals surface area contributed by atoms with Crippen LogP contribution in [0.3, 0.4) is 0 Å². The predicted octanol–water partition coefficient (Wildman–Crippen LogP) is 0.952. The lowest BCUT2D eigenvalue weighted by molar-refractivity contribution is -0.145. The molecule has 0 aliphatic carbocycles. The highest BCUT2D eigenvalue weighted by atomic mass is 32.2. The van der Waals surface area contributed by atoms with Crippen LogP contribution in [0.1, 0.15) is 26.2 Å². The number of hydrogen-bond donors (Lipinski definition) is 2. The Morgan fingerprint density at radius 3 is 2.42 bits per heavy atom. The molecule has 1 rings (SSSR count). The van der Waals surface area contributed by atoms with Gasteiger partial charge in [-0.3, -0.25) is 4.79 Å². The highest BCUT2D eigenvalue weighted by molar-refractivity contribution is 7.89. The lowest BCUT2D eigenvalue weighted by atomic mass is 10.1. The van der Waals surface area contributed by atoms with E-state index in [4.69, 9.17) is 0 Å². The van der Waals surface area contributed by atoms with E-state index >= 15 is 0 Å². The molecule has 0 spiro atoms. The number of carbonyl (C=O) groups is 2. The van der Waals surface area contributed by atoms with E-state index in [1.165, 1.54) is 7.11 Å². The summed E-state index contributed by atoms with van der Waals surface area (Å²) in [7, 11) is -2.73. The Kier molecular flexibility index (Phi) is 7.80. The molecule has 1 atom stereocenters. The first-order valence-corrected chi connectivity index (χ1v) is 8.91. The normalized spacial score (nSPS) is 12.5. The average molecular weight is 360 g/mol. The molecule has 0 aromatic heterocycles. The minimum atomic E-state index is -3.94. The van der Waals surface area contributed by atoms with Crippen molar-refractivity contribution in [2.75, 3.05) is 13.7 Å². The van der Waals surface area contributed by atoms with Gasteiger partial charge in [-0.1, -0.05) is 19.8 Å². The molecule has 7 nitrogen and oxygen atoms in total. The first-order chi connectivity index (χ1) is 11.3. The van der Waals surface area contributed by atoms with Gasteiger partial charge in [0.15, 0.2) is 0 Å². The number of methoxy groups -OCH3 is 1. The summed E-state index contributed by atoms with van der Waals surface area (Å²) in [6.45, 7) is 1.40. The number of halogens is 1. The molecule has 24 heavy (non-hydrogen) atoms. The summed E-state index contributed by atoms with van der Waals surface area (Å²) in [5.41, 5.74) is 0. The topological polar surface area (TPSA) is 102 Å². The zero-order valence-corrected chi connectivity index (χ0v) is 14.4. The van der Waals surface area contributed by atoms with E-state index in [0.717, 1.165) is 30.7 Å². The Morgan fingerprint density at radius 2 is 1.88 bits per heavy atom. The summed E-state index contributed by atoms with van der Waals surface area (Å²) >= 11 is 0. The van der Waals surface area contributed by atoms with E-state index in [1.807, 2.05) is 6.92 Å². The molecule has 1 aromatic rings. The molecule has 2 N–H and O–H groups in total. The zero-order valence-electron chi connectivity index (χ0n) is 13.5. The summed E-state index contributed by atoms with van der Waals surface area (Å²) in [4.78, 5) is 23.3. The molecule has 1 unspecified atom stereocenters. The molecule has 1 aromatic carbocycles. The number of unbranched alkanes of at least 4 members (excludes halogenated alkanes) is 1. The Balaban J connectivity index is 2.63. The van der Waals surface area contributed by atoms with E-state index < -0.39 is 40.3 Å². The number of sulfonamides is 1. The maximum Gasteiger partial charge on any atom is 0.328 e. The number of amides is 1. The van der Waals surface area contributed by atoms with Crippen LogP contribution in [0.2, 0.25) is 0 Å².